The molecule has 0 saturated carbocycles. The maximum atomic E-state index is 6.09. The molecule has 0 atom stereocenters. The van der Waals surface area contributed by atoms with Crippen LogP contribution in [-0.4, -0.2) is 0 Å². The summed E-state index contributed by atoms with van der Waals surface area (Å²) in [6.45, 7) is 6.56. The fraction of sp³-hybridized carbons (Fsp3) is 0.182. The zero-order valence-corrected chi connectivity index (χ0v) is 14.3. The fourth-order valence-electron chi connectivity index (χ4n) is 2.37. The Labute approximate surface area is 143 Å². The van der Waals surface area contributed by atoms with E-state index < -0.39 is 0 Å². The average molecular weight is 318 g/mol. The van der Waals surface area contributed by atoms with Crippen molar-refractivity contribution < 1.29 is 9.47 Å². The SMILES string of the molecule is CC(C)(C)c1ccc(Oc2ccccc2)c(Oc2ccccc2)c1. The molecule has 3 aromatic rings. The zero-order chi connectivity index (χ0) is 17.0. The lowest BCUT2D eigenvalue weighted by Crippen LogP contribution is -2.11. The highest BCUT2D eigenvalue weighted by molar-refractivity contribution is 5.48. The molecule has 0 aliphatic rings. The molecule has 3 rings (SSSR count). The van der Waals surface area contributed by atoms with E-state index in [0.717, 1.165) is 17.2 Å². The monoisotopic (exact) mass is 318 g/mol. The summed E-state index contributed by atoms with van der Waals surface area (Å²) in [4.78, 5) is 0. The van der Waals surface area contributed by atoms with Gasteiger partial charge in [0.25, 0.3) is 0 Å². The van der Waals surface area contributed by atoms with Crippen molar-refractivity contribution in [3.8, 4) is 23.0 Å². The lowest BCUT2D eigenvalue weighted by Gasteiger charge is -2.21. The van der Waals surface area contributed by atoms with Crippen LogP contribution in [0.5, 0.6) is 23.0 Å². The first-order chi connectivity index (χ1) is 11.5. The second kappa shape index (κ2) is 6.79. The van der Waals surface area contributed by atoms with E-state index in [4.69, 9.17) is 9.47 Å². The molecule has 2 heteroatoms. The molecule has 3 aromatic carbocycles. The minimum Gasteiger partial charge on any atom is -0.453 e. The van der Waals surface area contributed by atoms with Gasteiger partial charge in [-0.3, -0.25) is 0 Å². The second-order valence-corrected chi connectivity index (χ2v) is 6.74. The maximum absolute atomic E-state index is 6.09. The third-order valence-corrected chi connectivity index (χ3v) is 3.75. The zero-order valence-electron chi connectivity index (χ0n) is 14.3. The van der Waals surface area contributed by atoms with Gasteiger partial charge in [0, 0.05) is 0 Å². The molecule has 0 amide bonds. The standard InChI is InChI=1S/C22H22O2/c1-22(2,3)17-14-15-20(23-18-10-6-4-7-11-18)21(16-17)24-19-12-8-5-9-13-19/h4-16H,1-3H3. The van der Waals surface area contributed by atoms with Crippen molar-refractivity contribution in [2.45, 2.75) is 26.2 Å². The lowest BCUT2D eigenvalue weighted by molar-refractivity contribution is 0.416. The summed E-state index contributed by atoms with van der Waals surface area (Å²) in [5.74, 6) is 3.01. The predicted molar refractivity (Wildman–Crippen MR) is 98.2 cm³/mol. The molecule has 24 heavy (non-hydrogen) atoms. The van der Waals surface area contributed by atoms with Crippen LogP contribution in [0.2, 0.25) is 0 Å². The van der Waals surface area contributed by atoms with Gasteiger partial charge >= 0.3 is 0 Å². The van der Waals surface area contributed by atoms with Crippen LogP contribution in [0.1, 0.15) is 26.3 Å². The molecule has 2 nitrogen and oxygen atoms in total. The highest BCUT2D eigenvalue weighted by Gasteiger charge is 2.17. The van der Waals surface area contributed by atoms with Gasteiger partial charge in [0.1, 0.15) is 11.5 Å². The first kappa shape index (κ1) is 16.1. The third-order valence-electron chi connectivity index (χ3n) is 3.75. The van der Waals surface area contributed by atoms with E-state index in [1.165, 1.54) is 5.56 Å². The van der Waals surface area contributed by atoms with Gasteiger partial charge in [0.2, 0.25) is 0 Å². The molecule has 0 aromatic heterocycles. The number of para-hydroxylation sites is 2. The van der Waals surface area contributed by atoms with Gasteiger partial charge in [0.15, 0.2) is 11.5 Å². The lowest BCUT2D eigenvalue weighted by atomic mass is 9.87. The number of ether oxygens (including phenoxy) is 2. The quantitative estimate of drug-likeness (QED) is 0.541. The summed E-state index contributed by atoms with van der Waals surface area (Å²) >= 11 is 0. The topological polar surface area (TPSA) is 18.5 Å². The van der Waals surface area contributed by atoms with Gasteiger partial charge in [-0.25, -0.2) is 0 Å². The van der Waals surface area contributed by atoms with E-state index in [2.05, 4.69) is 32.9 Å². The summed E-state index contributed by atoms with van der Waals surface area (Å²) in [6, 6.07) is 25.7. The summed E-state index contributed by atoms with van der Waals surface area (Å²) in [6.07, 6.45) is 0. The Morgan fingerprint density at radius 2 is 1.08 bits per heavy atom. The number of benzene rings is 3. The van der Waals surface area contributed by atoms with Crippen molar-refractivity contribution in [1.82, 2.24) is 0 Å². The van der Waals surface area contributed by atoms with Crippen LogP contribution < -0.4 is 9.47 Å². The smallest absolute Gasteiger partial charge is 0.170 e. The van der Waals surface area contributed by atoms with E-state index in [9.17, 15) is 0 Å². The van der Waals surface area contributed by atoms with E-state index in [1.54, 1.807) is 0 Å². The Bertz CT molecular complexity index is 787. The molecular weight excluding hydrogens is 296 g/mol. The molecular formula is C22H22O2. The molecule has 0 fully saturated rings. The highest BCUT2D eigenvalue weighted by atomic mass is 16.5. The Morgan fingerprint density at radius 3 is 1.58 bits per heavy atom. The van der Waals surface area contributed by atoms with Gasteiger partial charge in [-0.1, -0.05) is 63.2 Å². The van der Waals surface area contributed by atoms with Gasteiger partial charge in [-0.15, -0.1) is 0 Å². The Morgan fingerprint density at radius 1 is 0.583 bits per heavy atom. The minimum atomic E-state index is 0.0417. The van der Waals surface area contributed by atoms with Crippen molar-refractivity contribution in [2.75, 3.05) is 0 Å². The van der Waals surface area contributed by atoms with E-state index in [1.807, 2.05) is 66.7 Å². The molecule has 0 heterocycles. The van der Waals surface area contributed by atoms with Crippen LogP contribution in [0.25, 0.3) is 0 Å². The summed E-state index contributed by atoms with van der Waals surface area (Å²) in [7, 11) is 0. The van der Waals surface area contributed by atoms with E-state index in [-0.39, 0.29) is 5.41 Å². The average Bonchev–Trinajstić information content (AvgIpc) is 2.57. The van der Waals surface area contributed by atoms with Crippen LogP contribution >= 0.6 is 0 Å². The molecule has 0 aliphatic heterocycles. The van der Waals surface area contributed by atoms with Crippen molar-refractivity contribution in [3.63, 3.8) is 0 Å². The molecule has 0 aliphatic carbocycles. The van der Waals surface area contributed by atoms with Crippen LogP contribution in [0, 0.1) is 0 Å². The van der Waals surface area contributed by atoms with Crippen LogP contribution in [-0.2, 0) is 5.41 Å². The van der Waals surface area contributed by atoms with Crippen molar-refractivity contribution >= 4 is 0 Å². The highest BCUT2D eigenvalue weighted by Crippen LogP contribution is 2.38. The van der Waals surface area contributed by atoms with Gasteiger partial charge in [0.05, 0.1) is 0 Å². The molecule has 0 saturated heterocycles. The van der Waals surface area contributed by atoms with Crippen LogP contribution in [0.15, 0.2) is 78.9 Å². The third kappa shape index (κ3) is 3.96. The second-order valence-electron chi connectivity index (χ2n) is 6.74. The Kier molecular flexibility index (Phi) is 4.57. The van der Waals surface area contributed by atoms with Crippen molar-refractivity contribution in [2.24, 2.45) is 0 Å². The summed E-state index contributed by atoms with van der Waals surface area (Å²) in [5.41, 5.74) is 1.24. The fourth-order valence-corrected chi connectivity index (χ4v) is 2.37. The van der Waals surface area contributed by atoms with Gasteiger partial charge in [-0.05, 0) is 47.4 Å². The maximum Gasteiger partial charge on any atom is 0.170 e. The number of rotatable bonds is 4. The Balaban J connectivity index is 1.97. The molecule has 122 valence electrons. The molecule has 0 unspecified atom stereocenters. The molecule has 0 spiro atoms. The Hall–Kier alpha value is -2.74. The van der Waals surface area contributed by atoms with Crippen molar-refractivity contribution in [3.05, 3.63) is 84.4 Å². The number of hydrogen-bond donors (Lipinski definition) is 0. The summed E-state index contributed by atoms with van der Waals surface area (Å²) < 4.78 is 12.1. The van der Waals surface area contributed by atoms with Crippen LogP contribution in [0.4, 0.5) is 0 Å². The normalized spacial score (nSPS) is 11.1. The van der Waals surface area contributed by atoms with Crippen molar-refractivity contribution in [1.29, 1.82) is 0 Å². The molecule has 0 N–H and O–H groups in total. The molecule has 0 bridgehead atoms. The first-order valence-electron chi connectivity index (χ1n) is 8.13. The minimum absolute atomic E-state index is 0.0417. The van der Waals surface area contributed by atoms with Gasteiger partial charge < -0.3 is 9.47 Å². The predicted octanol–water partition coefficient (Wildman–Crippen LogP) is 6.57. The first-order valence-corrected chi connectivity index (χ1v) is 8.13. The summed E-state index contributed by atoms with van der Waals surface area (Å²) in [5, 5.41) is 0. The van der Waals surface area contributed by atoms with Crippen LogP contribution in [0.3, 0.4) is 0 Å². The largest absolute Gasteiger partial charge is 0.453 e. The number of hydrogen-bond acceptors (Lipinski definition) is 2. The van der Waals surface area contributed by atoms with E-state index >= 15 is 0 Å². The van der Waals surface area contributed by atoms with E-state index in [0.29, 0.717) is 5.75 Å². The molecule has 0 radical (unpaired) electrons. The van der Waals surface area contributed by atoms with Gasteiger partial charge in [-0.2, -0.15) is 0 Å².